The molecule has 1 saturated heterocycles. The maximum atomic E-state index is 12.7. The molecule has 1 aromatic carbocycles. The van der Waals surface area contributed by atoms with Crippen molar-refractivity contribution in [1.29, 1.82) is 0 Å². The monoisotopic (exact) mass is 261 g/mol. The van der Waals surface area contributed by atoms with Crippen LogP contribution in [0, 0.1) is 6.92 Å². The first kappa shape index (κ1) is 14.1. The normalized spacial score (nSPS) is 18.3. The smallest absolute Gasteiger partial charge is 0.231 e. The molecule has 0 unspecified atom stereocenters. The molecule has 19 heavy (non-hydrogen) atoms. The summed E-state index contributed by atoms with van der Waals surface area (Å²) in [5, 5.41) is 3.08. The van der Waals surface area contributed by atoms with E-state index in [1.165, 1.54) is 5.56 Å². The van der Waals surface area contributed by atoms with Crippen LogP contribution in [0.3, 0.4) is 0 Å². The average molecular weight is 261 g/mol. The van der Waals surface area contributed by atoms with Gasteiger partial charge in [0.05, 0.1) is 5.41 Å². The number of amides is 1. The highest BCUT2D eigenvalue weighted by molar-refractivity contribution is 5.89. The lowest BCUT2D eigenvalue weighted by molar-refractivity contribution is -0.131. The van der Waals surface area contributed by atoms with Gasteiger partial charge in [0.15, 0.2) is 0 Å². The van der Waals surface area contributed by atoms with Gasteiger partial charge in [-0.15, -0.1) is 0 Å². The summed E-state index contributed by atoms with van der Waals surface area (Å²) in [6.07, 6.45) is 1.52. The van der Waals surface area contributed by atoms with Gasteiger partial charge in [0.2, 0.25) is 5.91 Å². The molecule has 2 rings (SSSR count). The molecular weight excluding hydrogens is 238 g/mol. The van der Waals surface area contributed by atoms with Gasteiger partial charge in [-0.3, -0.25) is 4.79 Å². The summed E-state index contributed by atoms with van der Waals surface area (Å²) in [6, 6.07) is 8.36. The zero-order valence-electron chi connectivity index (χ0n) is 12.0. The standard InChI is InChI=1S/C16H23NO2/c1-12(2)17-15(18)16(8-10-19-11-9-16)14-7-5-4-6-13(14)3/h4-7,12H,8-11H2,1-3H3,(H,17,18). The second kappa shape index (κ2) is 5.74. The van der Waals surface area contributed by atoms with Crippen LogP contribution in [0.2, 0.25) is 0 Å². The first-order chi connectivity index (χ1) is 9.06. The maximum absolute atomic E-state index is 12.7. The van der Waals surface area contributed by atoms with E-state index >= 15 is 0 Å². The number of carbonyl (C=O) groups excluding carboxylic acids is 1. The Balaban J connectivity index is 2.40. The van der Waals surface area contributed by atoms with Gasteiger partial charge in [0.1, 0.15) is 0 Å². The Kier molecular flexibility index (Phi) is 4.25. The average Bonchev–Trinajstić information content (AvgIpc) is 2.39. The van der Waals surface area contributed by atoms with E-state index < -0.39 is 5.41 Å². The molecule has 104 valence electrons. The van der Waals surface area contributed by atoms with E-state index in [1.54, 1.807) is 0 Å². The Labute approximate surface area is 115 Å². The van der Waals surface area contributed by atoms with Crippen LogP contribution >= 0.6 is 0 Å². The Morgan fingerprint density at radius 2 is 1.89 bits per heavy atom. The molecule has 1 amide bonds. The maximum Gasteiger partial charge on any atom is 0.231 e. The lowest BCUT2D eigenvalue weighted by atomic mass is 9.71. The van der Waals surface area contributed by atoms with Crippen LogP contribution in [-0.2, 0) is 14.9 Å². The van der Waals surface area contributed by atoms with Crippen LogP contribution < -0.4 is 5.32 Å². The molecule has 1 fully saturated rings. The van der Waals surface area contributed by atoms with E-state index in [2.05, 4.69) is 24.4 Å². The summed E-state index contributed by atoms with van der Waals surface area (Å²) >= 11 is 0. The van der Waals surface area contributed by atoms with Gasteiger partial charge in [-0.05, 0) is 44.7 Å². The molecule has 0 bridgehead atoms. The van der Waals surface area contributed by atoms with Crippen molar-refractivity contribution in [2.45, 2.75) is 45.1 Å². The highest BCUT2D eigenvalue weighted by atomic mass is 16.5. The Morgan fingerprint density at radius 1 is 1.26 bits per heavy atom. The third-order valence-corrected chi connectivity index (χ3v) is 3.86. The Morgan fingerprint density at radius 3 is 2.47 bits per heavy atom. The lowest BCUT2D eigenvalue weighted by Crippen LogP contribution is -2.50. The molecule has 3 heteroatoms. The number of hydrogen-bond acceptors (Lipinski definition) is 2. The van der Waals surface area contributed by atoms with Crippen LogP contribution in [0.25, 0.3) is 0 Å². The summed E-state index contributed by atoms with van der Waals surface area (Å²) in [5.41, 5.74) is 1.91. The Hall–Kier alpha value is -1.35. The molecule has 1 N–H and O–H groups in total. The van der Waals surface area contributed by atoms with Crippen molar-refractivity contribution < 1.29 is 9.53 Å². The van der Waals surface area contributed by atoms with Gasteiger partial charge in [-0.1, -0.05) is 24.3 Å². The predicted molar refractivity (Wildman–Crippen MR) is 76.2 cm³/mol. The topological polar surface area (TPSA) is 38.3 Å². The van der Waals surface area contributed by atoms with Crippen LogP contribution in [0.5, 0.6) is 0 Å². The lowest BCUT2D eigenvalue weighted by Gasteiger charge is -2.37. The molecule has 0 aromatic heterocycles. The van der Waals surface area contributed by atoms with Crippen molar-refractivity contribution in [2.24, 2.45) is 0 Å². The highest BCUT2D eigenvalue weighted by Gasteiger charge is 2.42. The third-order valence-electron chi connectivity index (χ3n) is 3.86. The number of benzene rings is 1. The van der Waals surface area contributed by atoms with Crippen molar-refractivity contribution in [1.82, 2.24) is 5.32 Å². The van der Waals surface area contributed by atoms with Crippen molar-refractivity contribution in [3.8, 4) is 0 Å². The van der Waals surface area contributed by atoms with Gasteiger partial charge in [-0.25, -0.2) is 0 Å². The molecule has 1 aliphatic rings. The largest absolute Gasteiger partial charge is 0.381 e. The number of nitrogens with one attached hydrogen (secondary N) is 1. The number of aryl methyl sites for hydroxylation is 1. The summed E-state index contributed by atoms with van der Waals surface area (Å²) in [5.74, 6) is 0.139. The first-order valence-corrected chi connectivity index (χ1v) is 7.01. The summed E-state index contributed by atoms with van der Waals surface area (Å²) < 4.78 is 5.46. The molecule has 0 spiro atoms. The number of rotatable bonds is 3. The van der Waals surface area contributed by atoms with Gasteiger partial charge in [0, 0.05) is 19.3 Å². The van der Waals surface area contributed by atoms with Gasteiger partial charge in [0.25, 0.3) is 0 Å². The zero-order valence-corrected chi connectivity index (χ0v) is 12.0. The van der Waals surface area contributed by atoms with Crippen molar-refractivity contribution >= 4 is 5.91 Å². The number of hydrogen-bond donors (Lipinski definition) is 1. The molecule has 1 heterocycles. The summed E-state index contributed by atoms with van der Waals surface area (Å²) in [4.78, 5) is 12.7. The molecule has 0 saturated carbocycles. The minimum absolute atomic E-state index is 0.139. The van der Waals surface area contributed by atoms with Crippen LogP contribution in [0.15, 0.2) is 24.3 Å². The second-order valence-corrected chi connectivity index (χ2v) is 5.64. The fourth-order valence-electron chi connectivity index (χ4n) is 2.85. The van der Waals surface area contributed by atoms with Crippen LogP contribution in [0.4, 0.5) is 0 Å². The van der Waals surface area contributed by atoms with E-state index in [0.717, 1.165) is 18.4 Å². The summed E-state index contributed by atoms with van der Waals surface area (Å²) in [6.45, 7) is 7.39. The summed E-state index contributed by atoms with van der Waals surface area (Å²) in [7, 11) is 0. The number of carbonyl (C=O) groups is 1. The molecule has 0 atom stereocenters. The van der Waals surface area contributed by atoms with E-state index in [-0.39, 0.29) is 11.9 Å². The van der Waals surface area contributed by atoms with Gasteiger partial charge in [-0.2, -0.15) is 0 Å². The Bertz CT molecular complexity index is 448. The van der Waals surface area contributed by atoms with Crippen molar-refractivity contribution in [3.05, 3.63) is 35.4 Å². The molecule has 0 radical (unpaired) electrons. The van der Waals surface area contributed by atoms with E-state index in [9.17, 15) is 4.79 Å². The fraction of sp³-hybridized carbons (Fsp3) is 0.562. The van der Waals surface area contributed by atoms with E-state index in [0.29, 0.717) is 13.2 Å². The quantitative estimate of drug-likeness (QED) is 0.908. The van der Waals surface area contributed by atoms with Crippen molar-refractivity contribution in [2.75, 3.05) is 13.2 Å². The van der Waals surface area contributed by atoms with E-state index in [1.807, 2.05) is 26.0 Å². The van der Waals surface area contributed by atoms with Crippen LogP contribution in [-0.4, -0.2) is 25.2 Å². The predicted octanol–water partition coefficient (Wildman–Crippen LogP) is 2.57. The molecular formula is C16H23NO2. The first-order valence-electron chi connectivity index (χ1n) is 7.01. The van der Waals surface area contributed by atoms with Gasteiger partial charge < -0.3 is 10.1 Å². The minimum Gasteiger partial charge on any atom is -0.381 e. The molecule has 1 aliphatic heterocycles. The van der Waals surface area contributed by atoms with Crippen molar-refractivity contribution in [3.63, 3.8) is 0 Å². The van der Waals surface area contributed by atoms with Gasteiger partial charge >= 0.3 is 0 Å². The highest BCUT2D eigenvalue weighted by Crippen LogP contribution is 2.37. The van der Waals surface area contributed by atoms with Crippen LogP contribution in [0.1, 0.15) is 37.8 Å². The molecule has 1 aromatic rings. The third kappa shape index (κ3) is 2.81. The molecule has 3 nitrogen and oxygen atoms in total. The molecule has 0 aliphatic carbocycles. The SMILES string of the molecule is Cc1ccccc1C1(C(=O)NC(C)C)CCOCC1. The number of ether oxygens (including phenoxy) is 1. The van der Waals surface area contributed by atoms with E-state index in [4.69, 9.17) is 4.74 Å². The zero-order chi connectivity index (χ0) is 13.9. The minimum atomic E-state index is -0.423. The fourth-order valence-corrected chi connectivity index (χ4v) is 2.85. The second-order valence-electron chi connectivity index (χ2n) is 5.64.